The topological polar surface area (TPSA) is 94.0 Å². The molecule has 1 aromatic heterocycles. The van der Waals surface area contributed by atoms with Crippen LogP contribution in [0.4, 0.5) is 0 Å². The van der Waals surface area contributed by atoms with Crippen molar-refractivity contribution in [2.75, 3.05) is 0 Å². The molecular formula is C8H14N4O2. The molecule has 0 aromatic carbocycles. The number of nitrogens with two attached hydrogens (primary N) is 1. The molecule has 6 heteroatoms. The van der Waals surface area contributed by atoms with Crippen molar-refractivity contribution >= 4 is 5.97 Å². The second kappa shape index (κ2) is 4.19. The summed E-state index contributed by atoms with van der Waals surface area (Å²) < 4.78 is 1.67. The molecule has 0 aliphatic rings. The van der Waals surface area contributed by atoms with Crippen LogP contribution in [0.3, 0.4) is 0 Å². The fourth-order valence-corrected chi connectivity index (χ4v) is 1.14. The molecule has 0 bridgehead atoms. The minimum atomic E-state index is -1.02. The Morgan fingerprint density at radius 2 is 2.36 bits per heavy atom. The van der Waals surface area contributed by atoms with Gasteiger partial charge < -0.3 is 10.8 Å². The SMILES string of the molecule is CC(C)n1ncnc1CC(N)C(=O)O. The van der Waals surface area contributed by atoms with Gasteiger partial charge in [-0.3, -0.25) is 4.79 Å². The number of aromatic nitrogens is 3. The van der Waals surface area contributed by atoms with Crippen molar-refractivity contribution in [3.63, 3.8) is 0 Å². The Balaban J connectivity index is 2.76. The van der Waals surface area contributed by atoms with E-state index in [1.165, 1.54) is 6.33 Å². The lowest BCUT2D eigenvalue weighted by atomic mass is 10.2. The van der Waals surface area contributed by atoms with Crippen LogP contribution in [-0.2, 0) is 11.2 Å². The van der Waals surface area contributed by atoms with Crippen LogP contribution in [0.25, 0.3) is 0 Å². The zero-order valence-corrected chi connectivity index (χ0v) is 8.21. The number of rotatable bonds is 4. The fourth-order valence-electron chi connectivity index (χ4n) is 1.14. The van der Waals surface area contributed by atoms with Crippen molar-refractivity contribution in [3.8, 4) is 0 Å². The highest BCUT2D eigenvalue weighted by Gasteiger charge is 2.16. The van der Waals surface area contributed by atoms with Crippen molar-refractivity contribution in [2.45, 2.75) is 32.4 Å². The van der Waals surface area contributed by atoms with Gasteiger partial charge in [0.2, 0.25) is 0 Å². The minimum absolute atomic E-state index is 0.161. The second-order valence-electron chi connectivity index (χ2n) is 3.36. The summed E-state index contributed by atoms with van der Waals surface area (Å²) in [6.45, 7) is 3.90. The molecule has 1 heterocycles. The Bertz CT molecular complexity index is 321. The first-order chi connectivity index (χ1) is 6.52. The highest BCUT2D eigenvalue weighted by molar-refractivity contribution is 5.73. The number of carboxylic acid groups (broad SMARTS) is 1. The number of hydrogen-bond acceptors (Lipinski definition) is 4. The van der Waals surface area contributed by atoms with E-state index in [1.54, 1.807) is 4.68 Å². The number of nitrogens with zero attached hydrogens (tertiary/aromatic N) is 3. The first-order valence-electron chi connectivity index (χ1n) is 4.39. The van der Waals surface area contributed by atoms with E-state index >= 15 is 0 Å². The molecule has 0 aliphatic carbocycles. The molecule has 0 fully saturated rings. The monoisotopic (exact) mass is 198 g/mol. The Kier molecular flexibility index (Phi) is 3.19. The summed E-state index contributed by atoms with van der Waals surface area (Å²) in [5.41, 5.74) is 5.40. The van der Waals surface area contributed by atoms with Gasteiger partial charge in [0.25, 0.3) is 0 Å². The lowest BCUT2D eigenvalue weighted by Crippen LogP contribution is -2.33. The van der Waals surface area contributed by atoms with E-state index in [2.05, 4.69) is 10.1 Å². The Hall–Kier alpha value is -1.43. The van der Waals surface area contributed by atoms with Crippen LogP contribution < -0.4 is 5.73 Å². The van der Waals surface area contributed by atoms with Gasteiger partial charge in [0.15, 0.2) is 0 Å². The lowest BCUT2D eigenvalue weighted by molar-refractivity contribution is -0.138. The van der Waals surface area contributed by atoms with E-state index in [1.807, 2.05) is 13.8 Å². The number of carboxylic acids is 1. The van der Waals surface area contributed by atoms with Crippen molar-refractivity contribution < 1.29 is 9.90 Å². The highest BCUT2D eigenvalue weighted by atomic mass is 16.4. The molecule has 0 saturated heterocycles. The van der Waals surface area contributed by atoms with Crippen molar-refractivity contribution in [1.29, 1.82) is 0 Å². The first-order valence-corrected chi connectivity index (χ1v) is 4.39. The van der Waals surface area contributed by atoms with Crippen LogP contribution in [0.15, 0.2) is 6.33 Å². The van der Waals surface area contributed by atoms with Crippen molar-refractivity contribution in [3.05, 3.63) is 12.2 Å². The standard InChI is InChI=1S/C8H14N4O2/c1-5(2)12-7(10-4-11-12)3-6(9)8(13)14/h4-6H,3,9H2,1-2H3,(H,13,14). The zero-order chi connectivity index (χ0) is 10.7. The number of carbonyl (C=O) groups is 1. The van der Waals surface area contributed by atoms with Crippen molar-refractivity contribution in [1.82, 2.24) is 14.8 Å². The number of aliphatic carboxylic acids is 1. The van der Waals surface area contributed by atoms with Gasteiger partial charge in [0.05, 0.1) is 0 Å². The third-order valence-corrected chi connectivity index (χ3v) is 1.86. The predicted molar refractivity (Wildman–Crippen MR) is 49.7 cm³/mol. The summed E-state index contributed by atoms with van der Waals surface area (Å²) in [4.78, 5) is 14.5. The molecule has 1 atom stereocenters. The van der Waals surface area contributed by atoms with E-state index < -0.39 is 12.0 Å². The first kappa shape index (κ1) is 10.6. The molecular weight excluding hydrogens is 184 g/mol. The van der Waals surface area contributed by atoms with Gasteiger partial charge in [-0.15, -0.1) is 0 Å². The molecule has 14 heavy (non-hydrogen) atoms. The fraction of sp³-hybridized carbons (Fsp3) is 0.625. The van der Waals surface area contributed by atoms with E-state index in [0.29, 0.717) is 5.82 Å². The van der Waals surface area contributed by atoms with Crippen LogP contribution in [0.1, 0.15) is 25.7 Å². The molecule has 0 spiro atoms. The van der Waals surface area contributed by atoms with Gasteiger partial charge in [-0.1, -0.05) is 0 Å². The maximum absolute atomic E-state index is 10.5. The smallest absolute Gasteiger partial charge is 0.320 e. The molecule has 1 unspecified atom stereocenters. The second-order valence-corrected chi connectivity index (χ2v) is 3.36. The summed E-state index contributed by atoms with van der Waals surface area (Å²) in [7, 11) is 0. The average Bonchev–Trinajstić information content (AvgIpc) is 2.52. The maximum atomic E-state index is 10.5. The van der Waals surface area contributed by atoms with Crippen LogP contribution >= 0.6 is 0 Å². The van der Waals surface area contributed by atoms with Gasteiger partial charge in [0.1, 0.15) is 18.2 Å². The van der Waals surface area contributed by atoms with Crippen molar-refractivity contribution in [2.24, 2.45) is 5.73 Å². The summed E-state index contributed by atoms with van der Waals surface area (Å²) in [5.74, 6) is -0.418. The molecule has 3 N–H and O–H groups in total. The zero-order valence-electron chi connectivity index (χ0n) is 8.21. The molecule has 6 nitrogen and oxygen atoms in total. The third-order valence-electron chi connectivity index (χ3n) is 1.86. The predicted octanol–water partition coefficient (Wildman–Crippen LogP) is -0.187. The van der Waals surface area contributed by atoms with E-state index in [9.17, 15) is 4.79 Å². The molecule has 1 rings (SSSR count). The van der Waals surface area contributed by atoms with Gasteiger partial charge in [0, 0.05) is 12.5 Å². The molecule has 0 saturated carbocycles. The van der Waals surface area contributed by atoms with Crippen LogP contribution in [0, 0.1) is 0 Å². The van der Waals surface area contributed by atoms with Gasteiger partial charge >= 0.3 is 5.97 Å². The van der Waals surface area contributed by atoms with Gasteiger partial charge in [-0.25, -0.2) is 9.67 Å². The molecule has 0 aliphatic heterocycles. The van der Waals surface area contributed by atoms with Gasteiger partial charge in [-0.2, -0.15) is 5.10 Å². The van der Waals surface area contributed by atoms with E-state index in [4.69, 9.17) is 10.8 Å². The molecule has 1 aromatic rings. The average molecular weight is 198 g/mol. The minimum Gasteiger partial charge on any atom is -0.480 e. The lowest BCUT2D eigenvalue weighted by Gasteiger charge is -2.10. The maximum Gasteiger partial charge on any atom is 0.320 e. The Morgan fingerprint density at radius 3 is 2.86 bits per heavy atom. The summed E-state index contributed by atoms with van der Waals surface area (Å²) >= 11 is 0. The van der Waals surface area contributed by atoms with Crippen LogP contribution in [0.5, 0.6) is 0 Å². The summed E-state index contributed by atoms with van der Waals surface area (Å²) in [6, 6.07) is -0.759. The third kappa shape index (κ3) is 2.29. The summed E-state index contributed by atoms with van der Waals surface area (Å²) in [6.07, 6.45) is 1.61. The number of hydrogen-bond donors (Lipinski definition) is 2. The van der Waals surface area contributed by atoms with Crippen LogP contribution in [-0.4, -0.2) is 31.9 Å². The highest BCUT2D eigenvalue weighted by Crippen LogP contribution is 2.06. The largest absolute Gasteiger partial charge is 0.480 e. The van der Waals surface area contributed by atoms with Crippen LogP contribution in [0.2, 0.25) is 0 Å². The molecule has 78 valence electrons. The quantitative estimate of drug-likeness (QED) is 0.699. The van der Waals surface area contributed by atoms with E-state index in [-0.39, 0.29) is 12.5 Å². The van der Waals surface area contributed by atoms with Gasteiger partial charge in [-0.05, 0) is 13.8 Å². The molecule has 0 radical (unpaired) electrons. The van der Waals surface area contributed by atoms with E-state index in [0.717, 1.165) is 0 Å². The normalized spacial score (nSPS) is 13.1. The Labute approximate surface area is 81.7 Å². The summed E-state index contributed by atoms with van der Waals surface area (Å²) in [5, 5.41) is 12.6. The Morgan fingerprint density at radius 1 is 1.71 bits per heavy atom. The molecule has 0 amide bonds.